The van der Waals surface area contributed by atoms with Gasteiger partial charge in [-0.3, -0.25) is 0 Å². The van der Waals surface area contributed by atoms with Gasteiger partial charge in [-0.25, -0.2) is 0 Å². The van der Waals surface area contributed by atoms with Gasteiger partial charge in [-0.15, -0.1) is 0 Å². The van der Waals surface area contributed by atoms with Crippen molar-refractivity contribution >= 4 is 56.1 Å². The molecule has 0 amide bonds. The van der Waals surface area contributed by atoms with Crippen molar-refractivity contribution in [2.45, 2.75) is 0 Å². The number of rotatable bonds is 4. The maximum atomic E-state index is 6.27. The van der Waals surface area contributed by atoms with Crippen LogP contribution in [0.15, 0.2) is 121 Å². The molecule has 0 aliphatic heterocycles. The zero-order valence-electron chi connectivity index (χ0n) is 17.3. The van der Waals surface area contributed by atoms with Gasteiger partial charge in [0.05, 0.1) is 0 Å². The molecule has 0 saturated carbocycles. The van der Waals surface area contributed by atoms with Gasteiger partial charge < -0.3 is 0 Å². The van der Waals surface area contributed by atoms with Gasteiger partial charge in [0.25, 0.3) is 0 Å². The van der Waals surface area contributed by atoms with Crippen molar-refractivity contribution in [3.63, 3.8) is 0 Å². The third-order valence-corrected chi connectivity index (χ3v) is 6.76. The first-order chi connectivity index (χ1) is 15.7. The smallest absolute Gasteiger partial charge is 0.0406 e. The van der Waals surface area contributed by atoms with E-state index in [4.69, 9.17) is 11.6 Å². The van der Waals surface area contributed by atoms with Crippen LogP contribution in [-0.2, 0) is 0 Å². The molecular weight excluding hydrogens is 523 g/mol. The predicted molar refractivity (Wildman–Crippen MR) is 146 cm³/mol. The minimum absolute atomic E-state index is 0.738. The normalized spacial score (nSPS) is 10.8. The molecule has 0 nitrogen and oxygen atoms in total. The fraction of sp³-hybridized carbons (Fsp3) is 0. The zero-order valence-corrected chi connectivity index (χ0v) is 20.2. The molecule has 0 fully saturated rings. The molecule has 0 spiro atoms. The molecule has 5 rings (SSSR count). The molecule has 0 atom stereocenters. The maximum absolute atomic E-state index is 6.27. The van der Waals surface area contributed by atoms with E-state index >= 15 is 0 Å². The van der Waals surface area contributed by atoms with Crippen molar-refractivity contribution in [3.8, 4) is 0 Å². The van der Waals surface area contributed by atoms with E-state index in [0.29, 0.717) is 0 Å². The highest BCUT2D eigenvalue weighted by Crippen LogP contribution is 2.40. The third kappa shape index (κ3) is 4.23. The summed E-state index contributed by atoms with van der Waals surface area (Å²) in [4.78, 5) is 0. The lowest BCUT2D eigenvalue weighted by Gasteiger charge is -2.20. The number of halogens is 2. The van der Waals surface area contributed by atoms with Crippen molar-refractivity contribution in [1.29, 1.82) is 0 Å². The molecule has 0 unspecified atom stereocenters. The largest absolute Gasteiger partial charge is 0.0843 e. The van der Waals surface area contributed by atoms with E-state index < -0.39 is 0 Å². The summed E-state index contributed by atoms with van der Waals surface area (Å²) in [6.07, 6.45) is 0. The molecule has 0 radical (unpaired) electrons. The van der Waals surface area contributed by atoms with Gasteiger partial charge in [0.1, 0.15) is 0 Å². The highest BCUT2D eigenvalue weighted by Gasteiger charge is 2.18. The van der Waals surface area contributed by atoms with E-state index in [2.05, 4.69) is 132 Å². The van der Waals surface area contributed by atoms with Crippen molar-refractivity contribution < 1.29 is 0 Å². The average Bonchev–Trinajstić information content (AvgIpc) is 2.84. The molecule has 32 heavy (non-hydrogen) atoms. The summed E-state index contributed by atoms with van der Waals surface area (Å²) in [5.74, 6) is 0. The second kappa shape index (κ2) is 9.32. The average molecular weight is 543 g/mol. The van der Waals surface area contributed by atoms with Crippen LogP contribution in [0.3, 0.4) is 0 Å². The van der Waals surface area contributed by atoms with Crippen LogP contribution in [0, 0.1) is 3.57 Å². The summed E-state index contributed by atoms with van der Waals surface area (Å²) >= 11 is 8.74. The minimum Gasteiger partial charge on any atom is -0.0843 e. The molecule has 0 heterocycles. The Hall–Kier alpha value is -2.88. The Balaban J connectivity index is 1.92. The van der Waals surface area contributed by atoms with Gasteiger partial charge in [0.15, 0.2) is 0 Å². The van der Waals surface area contributed by atoms with E-state index in [1.807, 2.05) is 12.1 Å². The monoisotopic (exact) mass is 542 g/mol. The molecule has 0 bridgehead atoms. The van der Waals surface area contributed by atoms with Crippen LogP contribution >= 0.6 is 34.2 Å². The van der Waals surface area contributed by atoms with Crippen LogP contribution in [-0.4, -0.2) is 0 Å². The third-order valence-electron chi connectivity index (χ3n) is 5.61. The second-order valence-corrected chi connectivity index (χ2v) is 9.27. The number of hydrogen-bond donors (Lipinski definition) is 0. The Morgan fingerprint density at radius 1 is 0.500 bits per heavy atom. The standard InChI is InChI=1S/C30H20ClI/c31-26-17-15-23(16-18-26)30(27-19-24-13-7-8-14-25(24)20-28(27)32)29(21-9-3-1-4-10-21)22-11-5-2-6-12-22/h1-20H. The van der Waals surface area contributed by atoms with E-state index in [0.717, 1.165) is 10.6 Å². The topological polar surface area (TPSA) is 0 Å². The van der Waals surface area contributed by atoms with Gasteiger partial charge in [-0.1, -0.05) is 109 Å². The minimum atomic E-state index is 0.738. The quantitative estimate of drug-likeness (QED) is 0.157. The second-order valence-electron chi connectivity index (χ2n) is 7.67. The van der Waals surface area contributed by atoms with Crippen LogP contribution in [0.2, 0.25) is 5.02 Å². The lowest BCUT2D eigenvalue weighted by atomic mass is 9.85. The van der Waals surface area contributed by atoms with E-state index in [-0.39, 0.29) is 0 Å². The Morgan fingerprint density at radius 2 is 0.969 bits per heavy atom. The van der Waals surface area contributed by atoms with Crippen molar-refractivity contribution in [1.82, 2.24) is 0 Å². The summed E-state index contributed by atoms with van der Waals surface area (Å²) in [6.45, 7) is 0. The Bertz CT molecular complexity index is 1360. The van der Waals surface area contributed by atoms with Gasteiger partial charge in [-0.2, -0.15) is 0 Å². The molecule has 154 valence electrons. The van der Waals surface area contributed by atoms with Crippen molar-refractivity contribution in [2.24, 2.45) is 0 Å². The van der Waals surface area contributed by atoms with Crippen molar-refractivity contribution in [2.75, 3.05) is 0 Å². The molecule has 2 heteroatoms. The van der Waals surface area contributed by atoms with E-state index in [1.54, 1.807) is 0 Å². The molecule has 0 saturated heterocycles. The predicted octanol–water partition coefficient (Wildman–Crippen LogP) is 9.11. The zero-order chi connectivity index (χ0) is 21.9. The fourth-order valence-electron chi connectivity index (χ4n) is 4.12. The molecular formula is C30H20ClI. The Morgan fingerprint density at radius 3 is 1.53 bits per heavy atom. The van der Waals surface area contributed by atoms with Crippen LogP contribution in [0.5, 0.6) is 0 Å². The maximum Gasteiger partial charge on any atom is 0.0406 e. The van der Waals surface area contributed by atoms with Gasteiger partial charge in [-0.05, 0) is 91.0 Å². The molecule has 5 aromatic carbocycles. The number of benzene rings is 5. The summed E-state index contributed by atoms with van der Waals surface area (Å²) in [5.41, 5.74) is 7.15. The first-order valence-corrected chi connectivity index (χ1v) is 12.0. The summed E-state index contributed by atoms with van der Waals surface area (Å²) in [5, 5.41) is 3.22. The number of fused-ring (bicyclic) bond motifs is 1. The van der Waals surface area contributed by atoms with E-state index in [1.165, 1.54) is 42.2 Å². The lowest BCUT2D eigenvalue weighted by molar-refractivity contribution is 1.50. The number of hydrogen-bond acceptors (Lipinski definition) is 0. The molecule has 0 aromatic heterocycles. The molecule has 5 aromatic rings. The van der Waals surface area contributed by atoms with Crippen LogP contribution in [0.1, 0.15) is 22.3 Å². The van der Waals surface area contributed by atoms with Gasteiger partial charge in [0.2, 0.25) is 0 Å². The van der Waals surface area contributed by atoms with Crippen LogP contribution in [0.25, 0.3) is 21.9 Å². The lowest BCUT2D eigenvalue weighted by Crippen LogP contribution is -1.99. The van der Waals surface area contributed by atoms with Crippen molar-refractivity contribution in [3.05, 3.63) is 152 Å². The van der Waals surface area contributed by atoms with E-state index in [9.17, 15) is 0 Å². The molecule has 0 N–H and O–H groups in total. The highest BCUT2D eigenvalue weighted by atomic mass is 127. The summed E-state index contributed by atoms with van der Waals surface area (Å²) in [7, 11) is 0. The van der Waals surface area contributed by atoms with Crippen LogP contribution < -0.4 is 0 Å². The summed E-state index contributed by atoms with van der Waals surface area (Å²) in [6, 6.07) is 42.6. The Labute approximate surface area is 207 Å². The molecule has 0 aliphatic carbocycles. The SMILES string of the molecule is Clc1ccc(C(=C(c2ccccc2)c2ccccc2)c2cc3ccccc3cc2I)cc1. The fourth-order valence-corrected chi connectivity index (χ4v) is 5.01. The molecule has 0 aliphatic rings. The first kappa shape index (κ1) is 21.0. The van der Waals surface area contributed by atoms with Gasteiger partial charge >= 0.3 is 0 Å². The highest BCUT2D eigenvalue weighted by molar-refractivity contribution is 14.1. The summed E-state index contributed by atoms with van der Waals surface area (Å²) < 4.78 is 1.22. The van der Waals surface area contributed by atoms with Crippen LogP contribution in [0.4, 0.5) is 0 Å². The Kier molecular flexibility index (Phi) is 6.11. The first-order valence-electron chi connectivity index (χ1n) is 10.5. The van der Waals surface area contributed by atoms with Gasteiger partial charge in [0, 0.05) is 8.59 Å².